The van der Waals surface area contributed by atoms with E-state index in [0.29, 0.717) is 19.6 Å². The zero-order chi connectivity index (χ0) is 21.0. The molecule has 0 spiro atoms. The van der Waals surface area contributed by atoms with E-state index in [4.69, 9.17) is 4.74 Å². The van der Waals surface area contributed by atoms with Gasteiger partial charge in [-0.05, 0) is 36.7 Å². The molecule has 4 heteroatoms. The normalized spacial score (nSPS) is 11.9. The average Bonchev–Trinajstić information content (AvgIpc) is 2.80. The molecule has 30 heavy (non-hydrogen) atoms. The maximum Gasteiger partial charge on any atom is 0.220 e. The van der Waals surface area contributed by atoms with Gasteiger partial charge in [0.1, 0.15) is 0 Å². The maximum absolute atomic E-state index is 12.7. The Morgan fingerprint density at radius 2 is 1.40 bits per heavy atom. The SMILES string of the molecule is CC[C@H](COCc1ccccc1)NC(=O)CCP(c1ccccc1)c1ccccc1. The van der Waals surface area contributed by atoms with E-state index in [-0.39, 0.29) is 11.9 Å². The molecule has 0 saturated carbocycles. The predicted octanol–water partition coefficient (Wildman–Crippen LogP) is 4.62. The van der Waals surface area contributed by atoms with Crippen LogP contribution in [0.2, 0.25) is 0 Å². The van der Waals surface area contributed by atoms with Crippen LogP contribution < -0.4 is 15.9 Å². The number of benzene rings is 3. The zero-order valence-corrected chi connectivity index (χ0v) is 18.4. The summed E-state index contributed by atoms with van der Waals surface area (Å²) in [4.78, 5) is 12.7. The highest BCUT2D eigenvalue weighted by molar-refractivity contribution is 7.73. The smallest absolute Gasteiger partial charge is 0.220 e. The van der Waals surface area contributed by atoms with Crippen molar-refractivity contribution in [1.82, 2.24) is 5.32 Å². The van der Waals surface area contributed by atoms with Gasteiger partial charge in [0.2, 0.25) is 5.91 Å². The molecule has 0 fully saturated rings. The monoisotopic (exact) mass is 419 g/mol. The van der Waals surface area contributed by atoms with Crippen molar-refractivity contribution in [2.24, 2.45) is 0 Å². The van der Waals surface area contributed by atoms with Crippen LogP contribution in [0.5, 0.6) is 0 Å². The molecule has 0 aliphatic rings. The lowest BCUT2D eigenvalue weighted by molar-refractivity contribution is -0.121. The minimum Gasteiger partial charge on any atom is -0.375 e. The van der Waals surface area contributed by atoms with E-state index in [1.807, 2.05) is 30.3 Å². The van der Waals surface area contributed by atoms with E-state index < -0.39 is 7.92 Å². The average molecular weight is 420 g/mol. The fraction of sp³-hybridized carbons (Fsp3) is 0.269. The standard InChI is InChI=1S/C26H30NO2P/c1-2-23(21-29-20-22-12-6-3-7-13-22)27-26(28)18-19-30(24-14-8-4-9-15-24)25-16-10-5-11-17-25/h3-17,23H,2,18-21H2,1H3,(H,27,28)/t23-/m1/s1. The molecule has 0 aromatic heterocycles. The van der Waals surface area contributed by atoms with Gasteiger partial charge in [0.25, 0.3) is 0 Å². The van der Waals surface area contributed by atoms with Gasteiger partial charge in [0, 0.05) is 6.42 Å². The second-order valence-electron chi connectivity index (χ2n) is 7.25. The van der Waals surface area contributed by atoms with Crippen molar-refractivity contribution in [3.8, 4) is 0 Å². The topological polar surface area (TPSA) is 38.3 Å². The number of carbonyl (C=O) groups excluding carboxylic acids is 1. The summed E-state index contributed by atoms with van der Waals surface area (Å²) in [5.41, 5.74) is 1.15. The highest BCUT2D eigenvalue weighted by Crippen LogP contribution is 2.34. The largest absolute Gasteiger partial charge is 0.375 e. The van der Waals surface area contributed by atoms with E-state index in [1.165, 1.54) is 10.6 Å². The van der Waals surface area contributed by atoms with Crippen molar-refractivity contribution in [3.63, 3.8) is 0 Å². The van der Waals surface area contributed by atoms with Crippen molar-refractivity contribution in [2.45, 2.75) is 32.4 Å². The molecule has 0 bridgehead atoms. The van der Waals surface area contributed by atoms with Crippen LogP contribution in [0.15, 0.2) is 91.0 Å². The Balaban J connectivity index is 1.51. The van der Waals surface area contributed by atoms with E-state index >= 15 is 0 Å². The quantitative estimate of drug-likeness (QED) is 0.461. The van der Waals surface area contributed by atoms with Crippen LogP contribution in [0.1, 0.15) is 25.3 Å². The lowest BCUT2D eigenvalue weighted by Crippen LogP contribution is -2.38. The van der Waals surface area contributed by atoms with Gasteiger partial charge < -0.3 is 10.1 Å². The van der Waals surface area contributed by atoms with Crippen molar-refractivity contribution >= 4 is 24.4 Å². The van der Waals surface area contributed by atoms with Gasteiger partial charge in [0.15, 0.2) is 0 Å². The molecule has 0 radical (unpaired) electrons. The summed E-state index contributed by atoms with van der Waals surface area (Å²) in [6, 6.07) is 31.2. The summed E-state index contributed by atoms with van der Waals surface area (Å²) in [6.45, 7) is 3.18. The van der Waals surface area contributed by atoms with Crippen LogP contribution in [0.3, 0.4) is 0 Å². The molecule has 3 nitrogen and oxygen atoms in total. The number of ether oxygens (including phenoxy) is 1. The summed E-state index contributed by atoms with van der Waals surface area (Å²) in [7, 11) is -0.546. The first-order chi connectivity index (χ1) is 14.8. The van der Waals surface area contributed by atoms with E-state index in [2.05, 4.69) is 72.9 Å². The molecule has 3 aromatic carbocycles. The summed E-state index contributed by atoms with van der Waals surface area (Å²) in [5.74, 6) is 0.101. The van der Waals surface area contributed by atoms with Gasteiger partial charge in [-0.1, -0.05) is 97.9 Å². The molecule has 3 rings (SSSR count). The van der Waals surface area contributed by atoms with Crippen LogP contribution >= 0.6 is 7.92 Å². The van der Waals surface area contributed by atoms with Gasteiger partial charge in [-0.25, -0.2) is 0 Å². The Hall–Kier alpha value is -2.48. The molecule has 0 heterocycles. The third-order valence-corrected chi connectivity index (χ3v) is 7.50. The summed E-state index contributed by atoms with van der Waals surface area (Å²) < 4.78 is 5.83. The Kier molecular flexibility index (Phi) is 9.08. The van der Waals surface area contributed by atoms with Crippen LogP contribution in [0, 0.1) is 0 Å². The van der Waals surface area contributed by atoms with Crippen LogP contribution in [-0.4, -0.2) is 24.7 Å². The number of nitrogens with one attached hydrogen (secondary N) is 1. The molecule has 0 aliphatic heterocycles. The number of carbonyl (C=O) groups is 1. The first-order valence-corrected chi connectivity index (χ1v) is 12.1. The fourth-order valence-corrected chi connectivity index (χ4v) is 5.60. The number of amides is 1. The lowest BCUT2D eigenvalue weighted by Gasteiger charge is -2.20. The maximum atomic E-state index is 12.7. The molecule has 0 saturated heterocycles. The Morgan fingerprint density at radius 3 is 1.93 bits per heavy atom. The van der Waals surface area contributed by atoms with Gasteiger partial charge in [0.05, 0.1) is 19.3 Å². The fourth-order valence-electron chi connectivity index (χ4n) is 3.29. The molecular weight excluding hydrogens is 389 g/mol. The second-order valence-corrected chi connectivity index (χ2v) is 9.58. The highest BCUT2D eigenvalue weighted by atomic mass is 31.1. The minimum atomic E-state index is -0.546. The van der Waals surface area contributed by atoms with Crippen LogP contribution in [-0.2, 0) is 16.1 Å². The van der Waals surface area contributed by atoms with Crippen molar-refractivity contribution < 1.29 is 9.53 Å². The highest BCUT2D eigenvalue weighted by Gasteiger charge is 2.17. The molecule has 0 aliphatic carbocycles. The molecule has 1 atom stereocenters. The molecule has 0 unspecified atom stereocenters. The van der Waals surface area contributed by atoms with E-state index in [9.17, 15) is 4.79 Å². The third-order valence-electron chi connectivity index (χ3n) is 4.99. The van der Waals surface area contributed by atoms with Gasteiger partial charge in [-0.2, -0.15) is 0 Å². The Morgan fingerprint density at radius 1 is 0.867 bits per heavy atom. The second kappa shape index (κ2) is 12.3. The summed E-state index contributed by atoms with van der Waals surface area (Å²) in [5, 5.41) is 5.78. The zero-order valence-electron chi connectivity index (χ0n) is 17.5. The molecule has 3 aromatic rings. The van der Waals surface area contributed by atoms with Gasteiger partial charge >= 0.3 is 0 Å². The van der Waals surface area contributed by atoms with Crippen molar-refractivity contribution in [2.75, 3.05) is 12.8 Å². The van der Waals surface area contributed by atoms with Crippen molar-refractivity contribution in [3.05, 3.63) is 96.6 Å². The predicted molar refractivity (Wildman–Crippen MR) is 127 cm³/mol. The number of hydrogen-bond donors (Lipinski definition) is 1. The third kappa shape index (κ3) is 7.09. The van der Waals surface area contributed by atoms with Crippen LogP contribution in [0.25, 0.3) is 0 Å². The summed E-state index contributed by atoms with van der Waals surface area (Å²) >= 11 is 0. The molecular formula is C26H30NO2P. The molecule has 1 amide bonds. The lowest BCUT2D eigenvalue weighted by atomic mass is 10.2. The van der Waals surface area contributed by atoms with Crippen molar-refractivity contribution in [1.29, 1.82) is 0 Å². The van der Waals surface area contributed by atoms with Gasteiger partial charge in [-0.15, -0.1) is 0 Å². The first-order valence-electron chi connectivity index (χ1n) is 10.5. The van der Waals surface area contributed by atoms with Gasteiger partial charge in [-0.3, -0.25) is 4.79 Å². The molecule has 1 N–H and O–H groups in total. The minimum absolute atomic E-state index is 0.0425. The first kappa shape index (κ1) is 22.2. The molecule has 156 valence electrons. The van der Waals surface area contributed by atoms with E-state index in [1.54, 1.807) is 0 Å². The Bertz CT molecular complexity index is 832. The number of hydrogen-bond acceptors (Lipinski definition) is 2. The summed E-state index contributed by atoms with van der Waals surface area (Å²) in [6.07, 6.45) is 2.22. The Labute approximate surface area is 181 Å². The van der Waals surface area contributed by atoms with Crippen LogP contribution in [0.4, 0.5) is 0 Å². The van der Waals surface area contributed by atoms with E-state index in [0.717, 1.165) is 18.1 Å². The number of rotatable bonds is 11.